The summed E-state index contributed by atoms with van der Waals surface area (Å²) in [7, 11) is 3.00. The van der Waals surface area contributed by atoms with Crippen LogP contribution in [-0.2, 0) is 6.42 Å². The lowest BCUT2D eigenvalue weighted by molar-refractivity contribution is 0.0952. The zero-order valence-corrected chi connectivity index (χ0v) is 14.8. The topological polar surface area (TPSA) is 97.5 Å². The lowest BCUT2D eigenvalue weighted by Crippen LogP contribution is -2.29. The second kappa shape index (κ2) is 7.03. The molecule has 0 aliphatic heterocycles. The van der Waals surface area contributed by atoms with E-state index in [-0.39, 0.29) is 17.3 Å². The van der Waals surface area contributed by atoms with Crippen LogP contribution >= 0.6 is 0 Å². The fourth-order valence-corrected chi connectivity index (χ4v) is 3.07. The number of aromatic amines is 1. The van der Waals surface area contributed by atoms with Crippen molar-refractivity contribution in [2.45, 2.75) is 19.8 Å². The average molecular weight is 356 g/mol. The number of aromatic nitrogens is 1. The van der Waals surface area contributed by atoms with E-state index < -0.39 is 11.5 Å². The van der Waals surface area contributed by atoms with Crippen LogP contribution < -0.4 is 20.3 Å². The minimum atomic E-state index is -0.601. The zero-order chi connectivity index (χ0) is 18.8. The fraction of sp³-hybridized carbons (Fsp3) is 0.316. The first kappa shape index (κ1) is 17.7. The highest BCUT2D eigenvalue weighted by atomic mass is 16.5. The van der Waals surface area contributed by atoms with Crippen molar-refractivity contribution in [3.63, 3.8) is 0 Å². The van der Waals surface area contributed by atoms with Crippen LogP contribution in [0.3, 0.4) is 0 Å². The summed E-state index contributed by atoms with van der Waals surface area (Å²) in [6.45, 7) is 1.95. The van der Waals surface area contributed by atoms with Crippen molar-refractivity contribution in [2.75, 3.05) is 19.5 Å². The zero-order valence-electron chi connectivity index (χ0n) is 14.8. The van der Waals surface area contributed by atoms with Gasteiger partial charge in [0.1, 0.15) is 17.1 Å². The summed E-state index contributed by atoms with van der Waals surface area (Å²) in [6.07, 6.45) is 1.03. The van der Waals surface area contributed by atoms with Gasteiger partial charge in [-0.05, 0) is 18.4 Å². The number of Topliss-reactive ketones (excluding diaryl/α,β-unsaturated/α-hetero) is 1. The van der Waals surface area contributed by atoms with Gasteiger partial charge in [-0.25, -0.2) is 0 Å². The molecule has 7 nitrogen and oxygen atoms in total. The lowest BCUT2D eigenvalue weighted by Gasteiger charge is -2.20. The van der Waals surface area contributed by atoms with Crippen molar-refractivity contribution in [3.8, 4) is 11.5 Å². The fourth-order valence-electron chi connectivity index (χ4n) is 3.07. The second-order valence-electron chi connectivity index (χ2n) is 6.40. The van der Waals surface area contributed by atoms with Gasteiger partial charge in [-0.2, -0.15) is 0 Å². The molecular formula is C19H20N2O5. The molecule has 1 heterocycles. The van der Waals surface area contributed by atoms with E-state index in [0.29, 0.717) is 41.3 Å². The first-order valence-electron chi connectivity index (χ1n) is 8.25. The number of methoxy groups -OCH3 is 2. The Morgan fingerprint density at radius 2 is 1.73 bits per heavy atom. The van der Waals surface area contributed by atoms with Crippen LogP contribution in [0.4, 0.5) is 5.69 Å². The number of hydrogen-bond donors (Lipinski definition) is 2. The van der Waals surface area contributed by atoms with Crippen LogP contribution in [0.1, 0.15) is 39.8 Å². The molecular weight excluding hydrogens is 336 g/mol. The molecule has 3 rings (SSSR count). The van der Waals surface area contributed by atoms with E-state index in [2.05, 4.69) is 10.3 Å². The monoisotopic (exact) mass is 356 g/mol. The molecule has 2 aromatic rings. The summed E-state index contributed by atoms with van der Waals surface area (Å²) in [5, 5.41) is 2.65. The molecule has 0 spiro atoms. The van der Waals surface area contributed by atoms with Crippen molar-refractivity contribution in [3.05, 3.63) is 51.4 Å². The summed E-state index contributed by atoms with van der Waals surface area (Å²) in [5.74, 6) is 0.517. The Morgan fingerprint density at radius 3 is 2.35 bits per heavy atom. The summed E-state index contributed by atoms with van der Waals surface area (Å²) < 4.78 is 10.3. The number of pyridine rings is 1. The lowest BCUT2D eigenvalue weighted by atomic mass is 9.86. The number of hydrogen-bond acceptors (Lipinski definition) is 5. The molecule has 0 bridgehead atoms. The van der Waals surface area contributed by atoms with Crippen molar-refractivity contribution in [2.24, 2.45) is 5.92 Å². The van der Waals surface area contributed by atoms with Crippen molar-refractivity contribution in [1.82, 2.24) is 4.98 Å². The molecule has 1 atom stereocenters. The third kappa shape index (κ3) is 3.46. The standard InChI is InChI=1S/C19H20N2O5/c1-10-4-16-14(17(22)5-10)9-15(19(24)21-16)18(23)20-11-6-12(25-2)8-13(7-11)26-3/h6-10H,4-5H2,1-3H3,(H,20,23)(H,21,24)/t10-/m1/s1. The number of ketones is 1. The first-order valence-corrected chi connectivity index (χ1v) is 8.25. The molecule has 0 saturated heterocycles. The third-order valence-corrected chi connectivity index (χ3v) is 4.36. The number of ether oxygens (including phenoxy) is 2. The first-order chi connectivity index (χ1) is 12.4. The van der Waals surface area contributed by atoms with Gasteiger partial charge in [0.2, 0.25) is 0 Å². The highest BCUT2D eigenvalue weighted by molar-refractivity contribution is 6.06. The van der Waals surface area contributed by atoms with Gasteiger partial charge in [-0.3, -0.25) is 14.4 Å². The van der Waals surface area contributed by atoms with Gasteiger partial charge in [0.15, 0.2) is 5.78 Å². The predicted octanol–water partition coefficient (Wildman–Crippen LogP) is 2.41. The van der Waals surface area contributed by atoms with Crippen LogP contribution in [0.5, 0.6) is 11.5 Å². The van der Waals surface area contributed by atoms with Crippen LogP contribution in [0.15, 0.2) is 29.1 Å². The van der Waals surface area contributed by atoms with Gasteiger partial charge in [-0.15, -0.1) is 0 Å². The summed E-state index contributed by atoms with van der Waals surface area (Å²) in [6, 6.07) is 6.27. The number of nitrogens with one attached hydrogen (secondary N) is 2. The Bertz CT molecular complexity index is 910. The van der Waals surface area contributed by atoms with E-state index in [4.69, 9.17) is 9.47 Å². The van der Waals surface area contributed by atoms with Gasteiger partial charge in [0.25, 0.3) is 11.5 Å². The van der Waals surface area contributed by atoms with Crippen molar-refractivity contribution >= 4 is 17.4 Å². The Balaban J connectivity index is 1.93. The minimum absolute atomic E-state index is 0.0629. The maximum atomic E-state index is 12.6. The SMILES string of the molecule is COc1cc(NC(=O)c2cc3c([nH]c2=O)C[C@@H](C)CC3=O)cc(OC)c1. The minimum Gasteiger partial charge on any atom is -0.497 e. The summed E-state index contributed by atoms with van der Waals surface area (Å²) in [5.41, 5.74) is 0.809. The normalized spacial score (nSPS) is 16.0. The van der Waals surface area contributed by atoms with E-state index in [1.54, 1.807) is 18.2 Å². The molecule has 7 heteroatoms. The summed E-state index contributed by atoms with van der Waals surface area (Å²) in [4.78, 5) is 39.8. The maximum Gasteiger partial charge on any atom is 0.261 e. The smallest absolute Gasteiger partial charge is 0.261 e. The Hall–Kier alpha value is -3.09. The van der Waals surface area contributed by atoms with Crippen LogP contribution in [-0.4, -0.2) is 30.9 Å². The Morgan fingerprint density at radius 1 is 1.08 bits per heavy atom. The van der Waals surface area contributed by atoms with Crippen molar-refractivity contribution in [1.29, 1.82) is 0 Å². The van der Waals surface area contributed by atoms with Crippen molar-refractivity contribution < 1.29 is 19.1 Å². The van der Waals surface area contributed by atoms with Crippen LogP contribution in [0.25, 0.3) is 0 Å². The van der Waals surface area contributed by atoms with E-state index in [9.17, 15) is 14.4 Å². The molecule has 1 aromatic heterocycles. The number of fused-ring (bicyclic) bond motifs is 1. The molecule has 1 amide bonds. The van der Waals surface area contributed by atoms with Crippen LogP contribution in [0, 0.1) is 5.92 Å². The van der Waals surface area contributed by atoms with Gasteiger partial charge in [0.05, 0.1) is 14.2 Å². The maximum absolute atomic E-state index is 12.6. The predicted molar refractivity (Wildman–Crippen MR) is 96.4 cm³/mol. The number of amides is 1. The summed E-state index contributed by atoms with van der Waals surface area (Å²) >= 11 is 0. The molecule has 1 aliphatic rings. The van der Waals surface area contributed by atoms with E-state index in [1.807, 2.05) is 6.92 Å². The third-order valence-electron chi connectivity index (χ3n) is 4.36. The van der Waals surface area contributed by atoms with Gasteiger partial charge in [0, 0.05) is 41.6 Å². The Labute approximate surface area is 150 Å². The van der Waals surface area contributed by atoms with Gasteiger partial charge >= 0.3 is 0 Å². The molecule has 1 aliphatic carbocycles. The molecule has 136 valence electrons. The number of carbonyl (C=O) groups is 2. The highest BCUT2D eigenvalue weighted by Crippen LogP contribution is 2.27. The number of anilines is 1. The van der Waals surface area contributed by atoms with E-state index >= 15 is 0 Å². The van der Waals surface area contributed by atoms with E-state index in [1.165, 1.54) is 20.3 Å². The highest BCUT2D eigenvalue weighted by Gasteiger charge is 2.25. The Kier molecular flexibility index (Phi) is 4.79. The molecule has 1 aromatic carbocycles. The van der Waals surface area contributed by atoms with Crippen LogP contribution in [0.2, 0.25) is 0 Å². The molecule has 0 radical (unpaired) electrons. The number of benzene rings is 1. The average Bonchev–Trinajstić information content (AvgIpc) is 2.60. The molecule has 0 unspecified atom stereocenters. The van der Waals surface area contributed by atoms with Gasteiger partial charge < -0.3 is 19.8 Å². The second-order valence-corrected chi connectivity index (χ2v) is 6.40. The number of carbonyl (C=O) groups excluding carboxylic acids is 2. The molecule has 0 saturated carbocycles. The number of rotatable bonds is 4. The van der Waals surface area contributed by atoms with E-state index in [0.717, 1.165) is 0 Å². The number of H-pyrrole nitrogens is 1. The molecule has 26 heavy (non-hydrogen) atoms. The largest absolute Gasteiger partial charge is 0.497 e. The van der Waals surface area contributed by atoms with Gasteiger partial charge in [-0.1, -0.05) is 6.92 Å². The molecule has 0 fully saturated rings. The molecule has 2 N–H and O–H groups in total. The quantitative estimate of drug-likeness (QED) is 0.877.